The van der Waals surface area contributed by atoms with E-state index in [4.69, 9.17) is 0 Å². The van der Waals surface area contributed by atoms with Crippen LogP contribution in [0.3, 0.4) is 0 Å². The van der Waals surface area contributed by atoms with E-state index in [0.29, 0.717) is 5.56 Å². The van der Waals surface area contributed by atoms with Gasteiger partial charge in [-0.2, -0.15) is 0 Å². The first-order valence-corrected chi connectivity index (χ1v) is 6.36. The summed E-state index contributed by atoms with van der Waals surface area (Å²) in [7, 11) is 1.80. The molecule has 3 heteroatoms. The van der Waals surface area contributed by atoms with Crippen LogP contribution in [0, 0.1) is 11.6 Å². The van der Waals surface area contributed by atoms with Crippen LogP contribution >= 0.6 is 0 Å². The first-order chi connectivity index (χ1) is 9.19. The van der Waals surface area contributed by atoms with E-state index >= 15 is 0 Å². The maximum Gasteiger partial charge on any atom is 0.126 e. The molecule has 0 radical (unpaired) electrons. The molecule has 0 aliphatic heterocycles. The van der Waals surface area contributed by atoms with Crippen molar-refractivity contribution < 1.29 is 8.78 Å². The van der Waals surface area contributed by atoms with E-state index in [1.807, 2.05) is 18.2 Å². The fourth-order valence-corrected chi connectivity index (χ4v) is 2.21. The molecule has 2 rings (SSSR count). The summed E-state index contributed by atoms with van der Waals surface area (Å²) in [6.07, 6.45) is 1.66. The minimum Gasteiger partial charge on any atom is -0.313 e. The molecule has 0 spiro atoms. The van der Waals surface area contributed by atoms with E-state index in [-0.39, 0.29) is 6.04 Å². The molecule has 19 heavy (non-hydrogen) atoms. The lowest BCUT2D eigenvalue weighted by atomic mass is 9.99. The lowest BCUT2D eigenvalue weighted by Crippen LogP contribution is -2.17. The van der Waals surface area contributed by atoms with Gasteiger partial charge < -0.3 is 5.32 Å². The second-order valence-electron chi connectivity index (χ2n) is 4.57. The van der Waals surface area contributed by atoms with Gasteiger partial charge in [0.2, 0.25) is 0 Å². The zero-order valence-corrected chi connectivity index (χ0v) is 10.9. The Morgan fingerprint density at radius 3 is 2.21 bits per heavy atom. The molecule has 0 aromatic heterocycles. The van der Waals surface area contributed by atoms with Crippen LogP contribution in [0.1, 0.15) is 23.6 Å². The van der Waals surface area contributed by atoms with Gasteiger partial charge in [0, 0.05) is 12.1 Å². The molecule has 0 heterocycles. The molecule has 1 atom stereocenters. The largest absolute Gasteiger partial charge is 0.313 e. The molecule has 1 nitrogen and oxygen atoms in total. The van der Waals surface area contributed by atoms with Crippen molar-refractivity contribution in [1.29, 1.82) is 0 Å². The third-order valence-corrected chi connectivity index (χ3v) is 3.20. The fourth-order valence-electron chi connectivity index (χ4n) is 2.21. The van der Waals surface area contributed by atoms with Crippen LogP contribution < -0.4 is 5.32 Å². The Morgan fingerprint density at radius 2 is 1.63 bits per heavy atom. The van der Waals surface area contributed by atoms with E-state index in [2.05, 4.69) is 17.4 Å². The topological polar surface area (TPSA) is 12.0 Å². The van der Waals surface area contributed by atoms with Gasteiger partial charge in [0.1, 0.15) is 11.6 Å². The van der Waals surface area contributed by atoms with Crippen molar-refractivity contribution in [3.05, 3.63) is 71.3 Å². The summed E-state index contributed by atoms with van der Waals surface area (Å²) in [5, 5.41) is 3.11. The van der Waals surface area contributed by atoms with E-state index in [0.717, 1.165) is 18.9 Å². The molecule has 1 unspecified atom stereocenters. The Kier molecular flexibility index (Phi) is 4.63. The van der Waals surface area contributed by atoms with Gasteiger partial charge in [-0.3, -0.25) is 0 Å². The Labute approximate surface area is 112 Å². The van der Waals surface area contributed by atoms with Crippen molar-refractivity contribution in [3.63, 3.8) is 0 Å². The van der Waals surface area contributed by atoms with Gasteiger partial charge in [0.25, 0.3) is 0 Å². The van der Waals surface area contributed by atoms with Gasteiger partial charge in [-0.15, -0.1) is 0 Å². The smallest absolute Gasteiger partial charge is 0.126 e. The summed E-state index contributed by atoms with van der Waals surface area (Å²) in [5.41, 5.74) is 1.87. The standard InChI is InChI=1S/C16H17F2N/c1-19-16(8-7-12-5-3-2-4-6-12)13-9-14(17)11-15(18)10-13/h2-6,9-11,16,19H,7-8H2,1H3. The minimum absolute atomic E-state index is 0.0505. The molecule has 0 saturated heterocycles. The number of nitrogens with one attached hydrogen (secondary N) is 1. The van der Waals surface area contributed by atoms with Crippen molar-refractivity contribution in [3.8, 4) is 0 Å². The molecule has 0 saturated carbocycles. The predicted molar refractivity (Wildman–Crippen MR) is 72.9 cm³/mol. The molecule has 0 bridgehead atoms. The monoisotopic (exact) mass is 261 g/mol. The van der Waals surface area contributed by atoms with Crippen molar-refractivity contribution in [2.24, 2.45) is 0 Å². The van der Waals surface area contributed by atoms with Crippen LogP contribution in [0.25, 0.3) is 0 Å². The van der Waals surface area contributed by atoms with E-state index in [1.54, 1.807) is 7.05 Å². The second kappa shape index (κ2) is 6.43. The first-order valence-electron chi connectivity index (χ1n) is 6.36. The molecule has 0 aliphatic rings. The number of hydrogen-bond donors (Lipinski definition) is 1. The molecule has 0 aliphatic carbocycles. The third kappa shape index (κ3) is 3.86. The summed E-state index contributed by atoms with van der Waals surface area (Å²) >= 11 is 0. The van der Waals surface area contributed by atoms with Crippen molar-refractivity contribution in [1.82, 2.24) is 5.32 Å². The van der Waals surface area contributed by atoms with Crippen LogP contribution in [0.4, 0.5) is 8.78 Å². The van der Waals surface area contributed by atoms with Crippen LogP contribution in [-0.2, 0) is 6.42 Å². The number of hydrogen-bond acceptors (Lipinski definition) is 1. The van der Waals surface area contributed by atoms with Gasteiger partial charge in [0.15, 0.2) is 0 Å². The molecular formula is C16H17F2N. The van der Waals surface area contributed by atoms with Crippen LogP contribution in [0.5, 0.6) is 0 Å². The Morgan fingerprint density at radius 1 is 1.00 bits per heavy atom. The number of rotatable bonds is 5. The van der Waals surface area contributed by atoms with Crippen molar-refractivity contribution >= 4 is 0 Å². The molecule has 2 aromatic carbocycles. The average Bonchev–Trinajstić information content (AvgIpc) is 2.39. The second-order valence-corrected chi connectivity index (χ2v) is 4.57. The highest BCUT2D eigenvalue weighted by Crippen LogP contribution is 2.21. The van der Waals surface area contributed by atoms with Gasteiger partial charge in [0.05, 0.1) is 0 Å². The van der Waals surface area contributed by atoms with Gasteiger partial charge in [-0.25, -0.2) is 8.78 Å². The number of benzene rings is 2. The number of aryl methyl sites for hydroxylation is 1. The maximum absolute atomic E-state index is 13.2. The molecule has 0 amide bonds. The quantitative estimate of drug-likeness (QED) is 0.861. The zero-order chi connectivity index (χ0) is 13.7. The molecule has 0 fully saturated rings. The SMILES string of the molecule is CNC(CCc1ccccc1)c1cc(F)cc(F)c1. The van der Waals surface area contributed by atoms with Gasteiger partial charge in [-0.05, 0) is 43.1 Å². The lowest BCUT2D eigenvalue weighted by molar-refractivity contribution is 0.528. The zero-order valence-electron chi connectivity index (χ0n) is 10.9. The van der Waals surface area contributed by atoms with Gasteiger partial charge in [-0.1, -0.05) is 30.3 Å². The fraction of sp³-hybridized carbons (Fsp3) is 0.250. The van der Waals surface area contributed by atoms with Crippen LogP contribution in [0.15, 0.2) is 48.5 Å². The van der Waals surface area contributed by atoms with Crippen LogP contribution in [0.2, 0.25) is 0 Å². The summed E-state index contributed by atoms with van der Waals surface area (Å²) in [6.45, 7) is 0. The highest BCUT2D eigenvalue weighted by atomic mass is 19.1. The maximum atomic E-state index is 13.2. The van der Waals surface area contributed by atoms with Crippen molar-refractivity contribution in [2.75, 3.05) is 7.05 Å². The average molecular weight is 261 g/mol. The normalized spacial score (nSPS) is 12.4. The molecule has 100 valence electrons. The Bertz CT molecular complexity index is 505. The van der Waals surface area contributed by atoms with Gasteiger partial charge >= 0.3 is 0 Å². The van der Waals surface area contributed by atoms with Crippen molar-refractivity contribution in [2.45, 2.75) is 18.9 Å². The summed E-state index contributed by atoms with van der Waals surface area (Å²) in [6, 6.07) is 13.7. The Hall–Kier alpha value is -1.74. The summed E-state index contributed by atoms with van der Waals surface area (Å²) in [5.74, 6) is -1.06. The highest BCUT2D eigenvalue weighted by Gasteiger charge is 2.11. The minimum atomic E-state index is -0.532. The Balaban J connectivity index is 2.07. The van der Waals surface area contributed by atoms with E-state index in [1.165, 1.54) is 17.7 Å². The van der Waals surface area contributed by atoms with E-state index < -0.39 is 11.6 Å². The highest BCUT2D eigenvalue weighted by molar-refractivity contribution is 5.22. The predicted octanol–water partition coefficient (Wildman–Crippen LogP) is 3.86. The summed E-state index contributed by atoms with van der Waals surface area (Å²) in [4.78, 5) is 0. The molecule has 1 N–H and O–H groups in total. The lowest BCUT2D eigenvalue weighted by Gasteiger charge is -2.17. The van der Waals surface area contributed by atoms with Crippen LogP contribution in [-0.4, -0.2) is 7.05 Å². The first kappa shape index (κ1) is 13.7. The van der Waals surface area contributed by atoms with E-state index in [9.17, 15) is 8.78 Å². The third-order valence-electron chi connectivity index (χ3n) is 3.20. The number of halogens is 2. The molecule has 2 aromatic rings. The summed E-state index contributed by atoms with van der Waals surface area (Å²) < 4.78 is 26.4. The molecular weight excluding hydrogens is 244 g/mol.